The number of likely N-dealkylation sites (tertiary alicyclic amines) is 2. The summed E-state index contributed by atoms with van der Waals surface area (Å²) in [4.78, 5) is 55.5. The van der Waals surface area contributed by atoms with Gasteiger partial charge in [-0.25, -0.2) is 4.79 Å². The van der Waals surface area contributed by atoms with E-state index in [1.54, 1.807) is 9.80 Å². The third kappa shape index (κ3) is 22.5. The highest BCUT2D eigenvalue weighted by Crippen LogP contribution is 2.08. The number of allylic oxidation sites excluding steroid dienone is 1. The van der Waals surface area contributed by atoms with Gasteiger partial charge in [-0.2, -0.15) is 0 Å². The Hall–Kier alpha value is -2.47. The lowest BCUT2D eigenvalue weighted by molar-refractivity contribution is -0.140. The molecule has 3 aliphatic rings. The molecule has 3 fully saturated rings. The van der Waals surface area contributed by atoms with Crippen molar-refractivity contribution in [3.05, 3.63) is 25.3 Å². The number of aliphatic hydroxyl groups is 2. The van der Waals surface area contributed by atoms with E-state index in [1.807, 2.05) is 0 Å². The highest BCUT2D eigenvalue weighted by Gasteiger charge is 2.19. The van der Waals surface area contributed by atoms with Gasteiger partial charge in [0.15, 0.2) is 0 Å². The van der Waals surface area contributed by atoms with Gasteiger partial charge < -0.3 is 30.1 Å². The molecule has 3 amide bonds. The predicted octanol–water partition coefficient (Wildman–Crippen LogP) is 0.991. The number of halogens is 2. The van der Waals surface area contributed by atoms with Crippen molar-refractivity contribution in [1.82, 2.24) is 15.1 Å². The quantitative estimate of drug-likeness (QED) is 0.170. The van der Waals surface area contributed by atoms with E-state index in [-0.39, 0.29) is 37.5 Å². The van der Waals surface area contributed by atoms with Crippen molar-refractivity contribution >= 4 is 52.1 Å². The molecule has 3 aliphatic heterocycles. The van der Waals surface area contributed by atoms with Gasteiger partial charge in [0, 0.05) is 57.4 Å². The third-order valence-electron chi connectivity index (χ3n) is 4.63. The minimum atomic E-state index is -0.509. The van der Waals surface area contributed by atoms with Gasteiger partial charge in [-0.15, -0.1) is 11.6 Å². The topological polar surface area (TPSA) is 154 Å². The maximum atomic E-state index is 11.1. The van der Waals surface area contributed by atoms with Crippen molar-refractivity contribution in [2.75, 3.05) is 58.4 Å². The second kappa shape index (κ2) is 25.2. The summed E-state index contributed by atoms with van der Waals surface area (Å²) in [6.07, 6.45) is 7.08. The van der Waals surface area contributed by atoms with Crippen LogP contribution in [0.4, 0.5) is 0 Å². The molecule has 3 N–H and O–H groups in total. The number of carbonyl (C=O) groups is 5. The van der Waals surface area contributed by atoms with Crippen LogP contribution in [-0.4, -0.2) is 107 Å². The smallest absolute Gasteiger partial charge is 0.330 e. The number of hydrogen-bond donors (Lipinski definition) is 3. The molecule has 11 nitrogen and oxygen atoms in total. The number of esters is 1. The SMILES string of the molecule is C=CC(=O)Cl.C=CC(=O)OCCN1CCCC1=O.O=C1CCCN1.O=C1CCCN1CCO.OCCCl. The lowest BCUT2D eigenvalue weighted by atomic mass is 10.4. The zero-order valence-corrected chi connectivity index (χ0v) is 22.7. The average molecular weight is 568 g/mol. The Balaban J connectivity index is 0. The van der Waals surface area contributed by atoms with Crippen LogP contribution < -0.4 is 5.32 Å². The van der Waals surface area contributed by atoms with Crippen molar-refractivity contribution in [1.29, 1.82) is 0 Å². The van der Waals surface area contributed by atoms with E-state index in [0.29, 0.717) is 31.8 Å². The summed E-state index contributed by atoms with van der Waals surface area (Å²) in [5.74, 6) is 0.445. The van der Waals surface area contributed by atoms with Gasteiger partial charge in [0.25, 0.3) is 0 Å². The molecular weight excluding hydrogens is 529 g/mol. The molecule has 0 unspecified atom stereocenters. The first-order chi connectivity index (χ1) is 17.7. The summed E-state index contributed by atoms with van der Waals surface area (Å²) in [6.45, 7) is 10.3. The van der Waals surface area contributed by atoms with Crippen molar-refractivity contribution in [3.8, 4) is 0 Å². The van der Waals surface area contributed by atoms with E-state index in [2.05, 4.69) is 18.5 Å². The number of nitrogens with one attached hydrogen (secondary N) is 1. The number of aliphatic hydroxyl groups excluding tert-OH is 2. The Labute approximate surface area is 228 Å². The second-order valence-corrected chi connectivity index (χ2v) is 8.19. The maximum absolute atomic E-state index is 11.1. The molecule has 37 heavy (non-hydrogen) atoms. The first kappa shape index (κ1) is 36.7. The average Bonchev–Trinajstić information content (AvgIpc) is 3.64. The van der Waals surface area contributed by atoms with Crippen molar-refractivity contribution in [2.24, 2.45) is 0 Å². The Morgan fingerprint density at radius 1 is 0.919 bits per heavy atom. The lowest BCUT2D eigenvalue weighted by Crippen LogP contribution is -2.29. The molecule has 0 spiro atoms. The summed E-state index contributed by atoms with van der Waals surface area (Å²) in [5.41, 5.74) is 0. The van der Waals surface area contributed by atoms with E-state index < -0.39 is 11.2 Å². The van der Waals surface area contributed by atoms with Gasteiger partial charge in [-0.05, 0) is 36.9 Å². The maximum Gasteiger partial charge on any atom is 0.330 e. The van der Waals surface area contributed by atoms with E-state index in [4.69, 9.17) is 38.2 Å². The summed E-state index contributed by atoms with van der Waals surface area (Å²) in [5, 5.41) is 18.4. The molecule has 0 aromatic heterocycles. The van der Waals surface area contributed by atoms with Crippen LogP contribution in [0.1, 0.15) is 38.5 Å². The van der Waals surface area contributed by atoms with Gasteiger partial charge in [0.2, 0.25) is 23.0 Å². The largest absolute Gasteiger partial charge is 0.461 e. The third-order valence-corrected chi connectivity index (χ3v) is 4.96. The number of β-amino-alcohol motifs (C(OH)–C–C–N with tert-alkyl or cyclic N) is 1. The molecule has 3 rings (SSSR count). The number of ether oxygens (including phenoxy) is 1. The van der Waals surface area contributed by atoms with Crippen LogP contribution in [0.5, 0.6) is 0 Å². The van der Waals surface area contributed by atoms with Crippen LogP contribution in [0.3, 0.4) is 0 Å². The van der Waals surface area contributed by atoms with E-state index in [9.17, 15) is 24.0 Å². The monoisotopic (exact) mass is 567 g/mol. The van der Waals surface area contributed by atoms with Gasteiger partial charge >= 0.3 is 5.97 Å². The lowest BCUT2D eigenvalue weighted by Gasteiger charge is -2.14. The minimum Gasteiger partial charge on any atom is -0.461 e. The van der Waals surface area contributed by atoms with E-state index in [1.165, 1.54) is 0 Å². The Kier molecular flexibility index (Phi) is 25.0. The number of alkyl halides is 1. The number of carbonyl (C=O) groups excluding carboxylic acids is 5. The molecule has 3 heterocycles. The second-order valence-electron chi connectivity index (χ2n) is 7.44. The first-order valence-electron chi connectivity index (χ1n) is 11.9. The molecule has 0 atom stereocenters. The van der Waals surface area contributed by atoms with Crippen LogP contribution in [0, 0.1) is 0 Å². The summed E-state index contributed by atoms with van der Waals surface area (Å²) < 4.78 is 4.75. The van der Waals surface area contributed by atoms with Crippen LogP contribution >= 0.6 is 23.2 Å². The molecule has 0 aliphatic carbocycles. The van der Waals surface area contributed by atoms with Crippen LogP contribution in [0.2, 0.25) is 0 Å². The highest BCUT2D eigenvalue weighted by molar-refractivity contribution is 6.66. The number of rotatable bonds is 8. The van der Waals surface area contributed by atoms with Crippen LogP contribution in [-0.2, 0) is 28.7 Å². The Bertz CT molecular complexity index is 712. The Morgan fingerprint density at radius 3 is 1.70 bits per heavy atom. The fourth-order valence-corrected chi connectivity index (χ4v) is 2.88. The summed E-state index contributed by atoms with van der Waals surface area (Å²) in [7, 11) is 0. The van der Waals surface area contributed by atoms with Crippen molar-refractivity contribution in [3.63, 3.8) is 0 Å². The molecule has 212 valence electrons. The van der Waals surface area contributed by atoms with Gasteiger partial charge in [0.05, 0.1) is 19.8 Å². The predicted molar refractivity (Wildman–Crippen MR) is 141 cm³/mol. The minimum absolute atomic E-state index is 0.0849. The molecule has 0 radical (unpaired) electrons. The van der Waals surface area contributed by atoms with E-state index >= 15 is 0 Å². The molecule has 0 saturated carbocycles. The molecule has 13 heteroatoms. The van der Waals surface area contributed by atoms with Crippen molar-refractivity contribution < 1.29 is 38.9 Å². The number of amides is 3. The highest BCUT2D eigenvalue weighted by atomic mass is 35.5. The summed E-state index contributed by atoms with van der Waals surface area (Å²) >= 11 is 9.64. The standard InChI is InChI=1S/C9H13NO3.C6H11NO2.C4H7NO.C3H3ClO.C2H5ClO/c1-2-9(12)13-7-6-10-5-3-4-8(10)11;8-5-4-7-3-1-2-6(7)9;6-4-2-1-3-5-4;1-2-3(4)5;3-1-2-4/h2H,1,3-7H2;8H,1-5H2;1-3H2,(H,5,6);2H,1H2;4H,1-2H2. The molecule has 3 saturated heterocycles. The number of nitrogens with zero attached hydrogens (tertiary/aromatic N) is 2. The zero-order valence-electron chi connectivity index (χ0n) is 21.2. The molecular formula is C24H39Cl2N3O8. The molecule has 0 aromatic rings. The normalized spacial score (nSPS) is 15.4. The summed E-state index contributed by atoms with van der Waals surface area (Å²) in [6, 6.07) is 0. The van der Waals surface area contributed by atoms with Gasteiger partial charge in [-0.3, -0.25) is 19.2 Å². The zero-order chi connectivity index (χ0) is 28.5. The van der Waals surface area contributed by atoms with Gasteiger partial charge in [0.1, 0.15) is 6.61 Å². The van der Waals surface area contributed by atoms with Crippen molar-refractivity contribution in [2.45, 2.75) is 38.5 Å². The van der Waals surface area contributed by atoms with Crippen LogP contribution in [0.25, 0.3) is 0 Å². The first-order valence-corrected chi connectivity index (χ1v) is 12.8. The van der Waals surface area contributed by atoms with Gasteiger partial charge in [-0.1, -0.05) is 13.2 Å². The Morgan fingerprint density at radius 2 is 1.43 bits per heavy atom. The van der Waals surface area contributed by atoms with E-state index in [0.717, 1.165) is 57.5 Å². The fourth-order valence-electron chi connectivity index (χ4n) is 2.88. The van der Waals surface area contributed by atoms with Crippen LogP contribution in [0.15, 0.2) is 25.3 Å². The molecule has 0 aromatic carbocycles. The fraction of sp³-hybridized carbons (Fsp3) is 0.625. The number of hydrogen-bond acceptors (Lipinski definition) is 8. The molecule has 0 bridgehead atoms.